The lowest BCUT2D eigenvalue weighted by atomic mass is 9.82. The highest BCUT2D eigenvalue weighted by Crippen LogP contribution is 2.46. The zero-order chi connectivity index (χ0) is 16.8. The lowest BCUT2D eigenvalue weighted by Crippen LogP contribution is -2.69. The highest BCUT2D eigenvalue weighted by molar-refractivity contribution is 7.93. The van der Waals surface area contributed by atoms with Crippen molar-refractivity contribution in [2.75, 3.05) is 25.4 Å². The van der Waals surface area contributed by atoms with Crippen molar-refractivity contribution < 1.29 is 13.2 Å². The van der Waals surface area contributed by atoms with Gasteiger partial charge in [0.1, 0.15) is 4.75 Å². The van der Waals surface area contributed by atoms with Gasteiger partial charge in [-0.15, -0.1) is 0 Å². The first-order valence-corrected chi connectivity index (χ1v) is 10.5. The van der Waals surface area contributed by atoms with Crippen LogP contribution >= 0.6 is 0 Å². The maximum Gasteiger partial charge on any atom is 0.316 e. The Morgan fingerprint density at radius 1 is 1.29 bits per heavy atom. The largest absolute Gasteiger partial charge is 0.463 e. The summed E-state index contributed by atoms with van der Waals surface area (Å²) in [7, 11) is -3.04. The van der Waals surface area contributed by atoms with Crippen molar-refractivity contribution in [2.45, 2.75) is 49.8 Å². The first-order valence-electron chi connectivity index (χ1n) is 8.89. The van der Waals surface area contributed by atoms with E-state index in [9.17, 15) is 8.42 Å². The van der Waals surface area contributed by atoms with Crippen molar-refractivity contribution in [1.29, 1.82) is 0 Å². The van der Waals surface area contributed by atoms with Gasteiger partial charge in [-0.25, -0.2) is 18.4 Å². The third kappa shape index (κ3) is 2.62. The van der Waals surface area contributed by atoms with Crippen LogP contribution in [0.5, 0.6) is 6.01 Å². The Labute approximate surface area is 143 Å². The van der Waals surface area contributed by atoms with Gasteiger partial charge in [0.05, 0.1) is 12.4 Å². The molecule has 24 heavy (non-hydrogen) atoms. The summed E-state index contributed by atoms with van der Waals surface area (Å²) in [6.07, 6.45) is 7.34. The van der Waals surface area contributed by atoms with Crippen LogP contribution < -0.4 is 4.74 Å². The fourth-order valence-corrected chi connectivity index (χ4v) is 6.97. The van der Waals surface area contributed by atoms with E-state index >= 15 is 0 Å². The van der Waals surface area contributed by atoms with Gasteiger partial charge in [0.15, 0.2) is 9.84 Å². The summed E-state index contributed by atoms with van der Waals surface area (Å²) in [4.78, 5) is 10.7. The van der Waals surface area contributed by atoms with Gasteiger partial charge in [-0.1, -0.05) is 12.8 Å². The number of likely N-dealkylation sites (tertiary alicyclic amines) is 1. The molecular weight excluding hydrogens is 326 g/mol. The second-order valence-corrected chi connectivity index (χ2v) is 9.95. The maximum atomic E-state index is 12.7. The predicted molar refractivity (Wildman–Crippen MR) is 90.7 cm³/mol. The van der Waals surface area contributed by atoms with E-state index in [-0.39, 0.29) is 11.7 Å². The number of ether oxygens (including phenoxy) is 1. The molecule has 0 radical (unpaired) electrons. The lowest BCUT2D eigenvalue weighted by Gasteiger charge is -2.52. The van der Waals surface area contributed by atoms with Gasteiger partial charge in [0.2, 0.25) is 0 Å². The van der Waals surface area contributed by atoms with Crippen molar-refractivity contribution in [3.05, 3.63) is 18.0 Å². The Hall–Kier alpha value is -1.21. The summed E-state index contributed by atoms with van der Waals surface area (Å²) in [6.45, 7) is 3.65. The molecular formula is C17H25N3O3S. The van der Waals surface area contributed by atoms with Gasteiger partial charge in [0.25, 0.3) is 0 Å². The number of hydrogen-bond donors (Lipinski definition) is 0. The second kappa shape index (κ2) is 5.95. The van der Waals surface area contributed by atoms with E-state index in [2.05, 4.69) is 14.9 Å². The van der Waals surface area contributed by atoms with E-state index in [1.54, 1.807) is 6.20 Å². The maximum absolute atomic E-state index is 12.7. The van der Waals surface area contributed by atoms with Gasteiger partial charge in [-0.3, -0.25) is 4.90 Å². The van der Waals surface area contributed by atoms with Crippen LogP contribution in [0, 0.1) is 12.8 Å². The average molecular weight is 351 g/mol. The second-order valence-electron chi connectivity index (χ2n) is 7.50. The molecule has 1 saturated carbocycles. The van der Waals surface area contributed by atoms with Crippen LogP contribution in [-0.2, 0) is 9.84 Å². The molecule has 1 spiro atoms. The quantitative estimate of drug-likeness (QED) is 0.820. The van der Waals surface area contributed by atoms with Crippen molar-refractivity contribution in [2.24, 2.45) is 5.92 Å². The summed E-state index contributed by atoms with van der Waals surface area (Å²) in [5.74, 6) is 0.332. The minimum absolute atomic E-state index is 0.0456. The molecule has 0 N–H and O–H groups in total. The minimum Gasteiger partial charge on any atom is -0.463 e. The zero-order valence-electron chi connectivity index (χ0n) is 14.1. The summed E-state index contributed by atoms with van der Waals surface area (Å²) in [5, 5.41) is 0. The first-order chi connectivity index (χ1) is 11.5. The molecule has 1 atom stereocenters. The summed E-state index contributed by atoms with van der Waals surface area (Å²) < 4.78 is 30.5. The van der Waals surface area contributed by atoms with Gasteiger partial charge >= 0.3 is 6.01 Å². The Kier molecular flexibility index (Phi) is 4.03. The topological polar surface area (TPSA) is 72.4 Å². The number of aromatic nitrogens is 2. The number of nitrogens with zero attached hydrogens (tertiary/aromatic N) is 3. The molecule has 1 aliphatic carbocycles. The molecule has 3 fully saturated rings. The van der Waals surface area contributed by atoms with Crippen molar-refractivity contribution in [1.82, 2.24) is 14.9 Å². The third-order valence-corrected chi connectivity index (χ3v) is 8.67. The van der Waals surface area contributed by atoms with E-state index in [4.69, 9.17) is 4.74 Å². The van der Waals surface area contributed by atoms with Gasteiger partial charge < -0.3 is 4.74 Å². The van der Waals surface area contributed by atoms with Crippen molar-refractivity contribution in [3.63, 3.8) is 0 Å². The van der Waals surface area contributed by atoms with E-state index < -0.39 is 14.6 Å². The fourth-order valence-electron chi connectivity index (χ4n) is 4.55. The van der Waals surface area contributed by atoms with Gasteiger partial charge in [-0.2, -0.15) is 0 Å². The first kappa shape index (κ1) is 16.3. The van der Waals surface area contributed by atoms with Crippen LogP contribution in [0.1, 0.15) is 37.8 Å². The van der Waals surface area contributed by atoms with E-state index in [1.165, 1.54) is 25.7 Å². The lowest BCUT2D eigenvalue weighted by molar-refractivity contribution is 0.0309. The van der Waals surface area contributed by atoms with Crippen LogP contribution in [0.4, 0.5) is 0 Å². The third-order valence-electron chi connectivity index (χ3n) is 6.07. The smallest absolute Gasteiger partial charge is 0.316 e. The van der Waals surface area contributed by atoms with E-state index in [0.717, 1.165) is 5.69 Å². The summed E-state index contributed by atoms with van der Waals surface area (Å²) >= 11 is 0. The van der Waals surface area contributed by atoms with Crippen LogP contribution in [-0.4, -0.2) is 59.5 Å². The number of sulfone groups is 1. The van der Waals surface area contributed by atoms with Gasteiger partial charge in [0, 0.05) is 36.9 Å². The van der Waals surface area contributed by atoms with Crippen molar-refractivity contribution in [3.8, 4) is 6.01 Å². The fraction of sp³-hybridized carbons (Fsp3) is 0.765. The highest BCUT2D eigenvalue weighted by atomic mass is 32.2. The molecule has 7 heteroatoms. The van der Waals surface area contributed by atoms with Crippen LogP contribution in [0.25, 0.3) is 0 Å². The molecule has 3 aliphatic rings. The molecule has 0 bridgehead atoms. The SMILES string of the molecule is Cc1ccnc(OC[C@@H]2CCS(=O)(=O)C23CN(C2CCCC2)C3)n1. The standard InChI is InChI=1S/C17H25N3O3S/c1-13-6-8-18-16(19-13)23-10-14-7-9-24(21,22)17(14)11-20(12-17)15-4-2-3-5-15/h6,8,14-15H,2-5,7,9-12H2,1H3/t14-/m0/s1. The number of aryl methyl sites for hydroxylation is 1. The number of rotatable bonds is 4. The Morgan fingerprint density at radius 3 is 2.75 bits per heavy atom. The average Bonchev–Trinajstić information content (AvgIpc) is 3.09. The molecule has 1 aromatic heterocycles. The molecule has 0 aromatic carbocycles. The molecule has 6 nitrogen and oxygen atoms in total. The predicted octanol–water partition coefficient (Wildman–Crippen LogP) is 1.60. The highest BCUT2D eigenvalue weighted by Gasteiger charge is 2.62. The van der Waals surface area contributed by atoms with Crippen molar-refractivity contribution >= 4 is 9.84 Å². The molecule has 0 unspecified atom stereocenters. The van der Waals surface area contributed by atoms with E-state index in [0.29, 0.717) is 38.2 Å². The minimum atomic E-state index is -3.04. The Morgan fingerprint density at radius 2 is 2.04 bits per heavy atom. The number of hydrogen-bond acceptors (Lipinski definition) is 6. The van der Waals surface area contributed by atoms with Crippen LogP contribution in [0.3, 0.4) is 0 Å². The molecule has 2 saturated heterocycles. The molecule has 132 valence electrons. The molecule has 1 aromatic rings. The molecule has 3 heterocycles. The summed E-state index contributed by atoms with van der Waals surface area (Å²) in [5.41, 5.74) is 0.852. The van der Waals surface area contributed by atoms with Crippen LogP contribution in [0.2, 0.25) is 0 Å². The molecule has 4 rings (SSSR count). The Bertz CT molecular complexity index is 710. The molecule has 2 aliphatic heterocycles. The Balaban J connectivity index is 1.45. The van der Waals surface area contributed by atoms with E-state index in [1.807, 2.05) is 13.0 Å². The zero-order valence-corrected chi connectivity index (χ0v) is 15.0. The monoisotopic (exact) mass is 351 g/mol. The van der Waals surface area contributed by atoms with Crippen LogP contribution in [0.15, 0.2) is 12.3 Å². The summed E-state index contributed by atoms with van der Waals surface area (Å²) in [6, 6.07) is 2.76. The normalized spacial score (nSPS) is 29.0. The van der Waals surface area contributed by atoms with Gasteiger partial charge in [-0.05, 0) is 32.3 Å². The molecule has 0 amide bonds.